The average molecular weight is 262 g/mol. The van der Waals surface area contributed by atoms with Crippen LogP contribution in [0.25, 0.3) is 11.4 Å². The molecule has 18 heavy (non-hydrogen) atoms. The molecule has 1 aromatic carbocycles. The molecule has 3 rings (SSSR count). The SMILES string of the molecule is CCOc1ccccc1-c1nnc2n1NCCS2. The zero-order valence-electron chi connectivity index (χ0n) is 10.1. The summed E-state index contributed by atoms with van der Waals surface area (Å²) < 4.78 is 7.57. The van der Waals surface area contributed by atoms with E-state index in [0.717, 1.165) is 34.6 Å². The Morgan fingerprint density at radius 3 is 3.17 bits per heavy atom. The minimum Gasteiger partial charge on any atom is -0.493 e. The number of fused-ring (bicyclic) bond motifs is 1. The summed E-state index contributed by atoms with van der Waals surface area (Å²) in [6.45, 7) is 3.53. The van der Waals surface area contributed by atoms with Crippen LogP contribution in [-0.4, -0.2) is 33.8 Å². The summed E-state index contributed by atoms with van der Waals surface area (Å²) in [6, 6.07) is 7.90. The van der Waals surface area contributed by atoms with Crippen molar-refractivity contribution in [2.45, 2.75) is 12.1 Å². The van der Waals surface area contributed by atoms with Crippen LogP contribution < -0.4 is 10.2 Å². The molecule has 6 heteroatoms. The van der Waals surface area contributed by atoms with Crippen LogP contribution >= 0.6 is 11.8 Å². The first kappa shape index (κ1) is 11.4. The van der Waals surface area contributed by atoms with Crippen molar-refractivity contribution in [2.75, 3.05) is 24.3 Å². The van der Waals surface area contributed by atoms with Crippen molar-refractivity contribution in [1.29, 1.82) is 0 Å². The molecule has 2 aromatic rings. The van der Waals surface area contributed by atoms with E-state index in [1.165, 1.54) is 0 Å². The van der Waals surface area contributed by atoms with Crippen LogP contribution in [0.3, 0.4) is 0 Å². The molecule has 0 saturated carbocycles. The number of hydrogen-bond acceptors (Lipinski definition) is 5. The number of thioether (sulfide) groups is 1. The monoisotopic (exact) mass is 262 g/mol. The molecular formula is C12H14N4OS. The second kappa shape index (κ2) is 4.89. The van der Waals surface area contributed by atoms with Gasteiger partial charge >= 0.3 is 0 Å². The Labute approximate surface area is 110 Å². The smallest absolute Gasteiger partial charge is 0.210 e. The number of hydrogen-bond donors (Lipinski definition) is 1. The Bertz CT molecular complexity index is 555. The number of benzene rings is 1. The van der Waals surface area contributed by atoms with E-state index in [9.17, 15) is 0 Å². The standard InChI is InChI=1S/C12H14N4OS/c1-2-17-10-6-4-3-5-9(10)11-14-15-12-16(11)13-7-8-18-12/h3-6,13H,2,7-8H2,1H3. The lowest BCUT2D eigenvalue weighted by Crippen LogP contribution is -2.23. The van der Waals surface area contributed by atoms with Gasteiger partial charge in [0.2, 0.25) is 5.16 Å². The summed E-state index contributed by atoms with van der Waals surface area (Å²) in [7, 11) is 0. The van der Waals surface area contributed by atoms with Crippen molar-refractivity contribution in [3.8, 4) is 17.1 Å². The third-order valence-electron chi connectivity index (χ3n) is 2.66. The van der Waals surface area contributed by atoms with Crippen LogP contribution in [-0.2, 0) is 0 Å². The molecule has 1 aromatic heterocycles. The minimum atomic E-state index is 0.639. The molecule has 0 atom stereocenters. The molecule has 1 N–H and O–H groups in total. The zero-order chi connectivity index (χ0) is 12.4. The Kier molecular flexibility index (Phi) is 3.10. The number of para-hydroxylation sites is 1. The van der Waals surface area contributed by atoms with E-state index in [4.69, 9.17) is 4.74 Å². The maximum atomic E-state index is 5.64. The van der Waals surface area contributed by atoms with Crippen LogP contribution in [0, 0.1) is 0 Å². The molecule has 0 saturated heterocycles. The average Bonchev–Trinajstić information content (AvgIpc) is 2.84. The lowest BCUT2D eigenvalue weighted by molar-refractivity contribution is 0.341. The Hall–Kier alpha value is -1.69. The van der Waals surface area contributed by atoms with Gasteiger partial charge in [0.25, 0.3) is 0 Å². The molecule has 0 fully saturated rings. The summed E-state index contributed by atoms with van der Waals surface area (Å²) in [6.07, 6.45) is 0. The molecule has 94 valence electrons. The lowest BCUT2D eigenvalue weighted by atomic mass is 10.2. The van der Waals surface area contributed by atoms with E-state index in [1.807, 2.05) is 35.9 Å². The molecule has 2 heterocycles. The first-order chi connectivity index (χ1) is 8.90. The molecule has 0 spiro atoms. The number of aromatic nitrogens is 3. The molecule has 1 aliphatic heterocycles. The molecule has 5 nitrogen and oxygen atoms in total. The van der Waals surface area contributed by atoms with Crippen LogP contribution in [0.1, 0.15) is 6.92 Å². The van der Waals surface area contributed by atoms with Crippen molar-refractivity contribution in [1.82, 2.24) is 14.9 Å². The van der Waals surface area contributed by atoms with Crippen molar-refractivity contribution in [3.63, 3.8) is 0 Å². The largest absolute Gasteiger partial charge is 0.493 e. The molecule has 0 unspecified atom stereocenters. The number of ether oxygens (including phenoxy) is 1. The number of nitrogens with one attached hydrogen (secondary N) is 1. The van der Waals surface area contributed by atoms with Crippen LogP contribution in [0.2, 0.25) is 0 Å². The second-order valence-corrected chi connectivity index (χ2v) is 4.89. The van der Waals surface area contributed by atoms with Gasteiger partial charge < -0.3 is 10.2 Å². The fourth-order valence-electron chi connectivity index (χ4n) is 1.91. The fourth-order valence-corrected chi connectivity index (χ4v) is 2.67. The normalized spacial score (nSPS) is 13.8. The predicted molar refractivity (Wildman–Crippen MR) is 71.6 cm³/mol. The summed E-state index contributed by atoms with van der Waals surface area (Å²) >= 11 is 1.71. The maximum absolute atomic E-state index is 5.64. The van der Waals surface area contributed by atoms with E-state index in [0.29, 0.717) is 6.61 Å². The highest BCUT2D eigenvalue weighted by atomic mass is 32.2. The summed E-state index contributed by atoms with van der Waals surface area (Å²) in [5.41, 5.74) is 4.26. The predicted octanol–water partition coefficient (Wildman–Crippen LogP) is 1.99. The summed E-state index contributed by atoms with van der Waals surface area (Å²) in [4.78, 5) is 0. The van der Waals surface area contributed by atoms with E-state index in [-0.39, 0.29) is 0 Å². The highest BCUT2D eigenvalue weighted by Crippen LogP contribution is 2.31. The van der Waals surface area contributed by atoms with Gasteiger partial charge in [-0.05, 0) is 19.1 Å². The third-order valence-corrected chi connectivity index (χ3v) is 3.59. The van der Waals surface area contributed by atoms with E-state index in [2.05, 4.69) is 15.6 Å². The highest BCUT2D eigenvalue weighted by Gasteiger charge is 2.19. The van der Waals surface area contributed by atoms with Gasteiger partial charge in [-0.3, -0.25) is 0 Å². The molecule has 0 amide bonds. The summed E-state index contributed by atoms with van der Waals surface area (Å²) in [5.74, 6) is 2.67. The molecular weight excluding hydrogens is 248 g/mol. The third kappa shape index (κ3) is 1.92. The van der Waals surface area contributed by atoms with E-state index < -0.39 is 0 Å². The Morgan fingerprint density at radius 1 is 1.39 bits per heavy atom. The van der Waals surface area contributed by atoms with Crippen LogP contribution in [0.4, 0.5) is 0 Å². The van der Waals surface area contributed by atoms with Gasteiger partial charge in [-0.2, -0.15) is 0 Å². The molecule has 1 aliphatic rings. The molecule has 0 bridgehead atoms. The van der Waals surface area contributed by atoms with Crippen molar-refractivity contribution < 1.29 is 4.74 Å². The van der Waals surface area contributed by atoms with Gasteiger partial charge in [-0.25, -0.2) is 4.68 Å². The Balaban J connectivity index is 2.07. The zero-order valence-corrected chi connectivity index (χ0v) is 10.9. The first-order valence-corrected chi connectivity index (χ1v) is 6.93. The van der Waals surface area contributed by atoms with Gasteiger partial charge in [-0.1, -0.05) is 23.9 Å². The van der Waals surface area contributed by atoms with E-state index in [1.54, 1.807) is 11.8 Å². The second-order valence-electron chi connectivity index (χ2n) is 3.83. The Morgan fingerprint density at radius 2 is 2.28 bits per heavy atom. The lowest BCUT2D eigenvalue weighted by Gasteiger charge is -2.17. The van der Waals surface area contributed by atoms with Gasteiger partial charge in [0, 0.05) is 12.3 Å². The van der Waals surface area contributed by atoms with Crippen molar-refractivity contribution in [2.24, 2.45) is 0 Å². The van der Waals surface area contributed by atoms with Crippen LogP contribution in [0.5, 0.6) is 5.75 Å². The van der Waals surface area contributed by atoms with Gasteiger partial charge in [0.15, 0.2) is 5.82 Å². The first-order valence-electron chi connectivity index (χ1n) is 5.94. The highest BCUT2D eigenvalue weighted by molar-refractivity contribution is 7.99. The van der Waals surface area contributed by atoms with Crippen molar-refractivity contribution >= 4 is 11.8 Å². The van der Waals surface area contributed by atoms with E-state index >= 15 is 0 Å². The van der Waals surface area contributed by atoms with Crippen molar-refractivity contribution in [3.05, 3.63) is 24.3 Å². The summed E-state index contributed by atoms with van der Waals surface area (Å²) in [5, 5.41) is 9.36. The molecule has 0 radical (unpaired) electrons. The fraction of sp³-hybridized carbons (Fsp3) is 0.333. The van der Waals surface area contributed by atoms with Gasteiger partial charge in [0.05, 0.1) is 12.2 Å². The topological polar surface area (TPSA) is 52.0 Å². The maximum Gasteiger partial charge on any atom is 0.210 e. The van der Waals surface area contributed by atoms with Crippen LogP contribution in [0.15, 0.2) is 29.4 Å². The quantitative estimate of drug-likeness (QED) is 0.916. The molecule has 0 aliphatic carbocycles. The van der Waals surface area contributed by atoms with Gasteiger partial charge in [0.1, 0.15) is 5.75 Å². The van der Waals surface area contributed by atoms with Gasteiger partial charge in [-0.15, -0.1) is 10.2 Å². The number of rotatable bonds is 3. The minimum absolute atomic E-state index is 0.639. The number of nitrogens with zero attached hydrogens (tertiary/aromatic N) is 3.